The molecule has 0 saturated heterocycles. The van der Waals surface area contributed by atoms with Crippen molar-refractivity contribution >= 4 is 27.8 Å². The minimum atomic E-state index is 0.756. The van der Waals surface area contributed by atoms with E-state index in [9.17, 15) is 0 Å². The number of allylic oxidation sites excluding steroid dienone is 3. The third-order valence-corrected chi connectivity index (χ3v) is 8.14. The minimum Gasteiger partial charge on any atom is -0.252 e. The van der Waals surface area contributed by atoms with Gasteiger partial charge in [0.05, 0.1) is 11.4 Å². The third-order valence-electron chi connectivity index (χ3n) is 8.14. The van der Waals surface area contributed by atoms with Gasteiger partial charge in [-0.3, -0.25) is 4.99 Å². The normalized spacial score (nSPS) is 13.5. The summed E-state index contributed by atoms with van der Waals surface area (Å²) in [5.74, 6) is 0. The maximum absolute atomic E-state index is 5.48. The van der Waals surface area contributed by atoms with Crippen LogP contribution in [0.3, 0.4) is 0 Å². The quantitative estimate of drug-likeness (QED) is 0.207. The Morgan fingerprint density at radius 2 is 1.02 bits per heavy atom. The molecule has 0 spiro atoms. The van der Waals surface area contributed by atoms with E-state index in [4.69, 9.17) is 4.99 Å². The Morgan fingerprint density at radius 1 is 0.476 bits per heavy atom. The van der Waals surface area contributed by atoms with Crippen molar-refractivity contribution in [2.24, 2.45) is 4.99 Å². The zero-order valence-electron chi connectivity index (χ0n) is 23.7. The Bertz CT molecular complexity index is 1970. The number of benzene rings is 6. The van der Waals surface area contributed by atoms with Crippen LogP contribution in [-0.4, -0.2) is 5.71 Å². The Hall–Kier alpha value is -5.27. The standard InChI is InChI=1S/C41H31N/c1-29-36(35-23-11-22-34(28-35)30-14-5-2-6-15-30)26-27-39(32-18-9-4-10-19-32)42-41(29)38-25-13-21-33-20-12-24-37(40(33)38)31-16-7-3-8-17-31/h2-26,28H,27H2,1H3. The molecule has 1 aliphatic rings. The van der Waals surface area contributed by atoms with Crippen molar-refractivity contribution in [2.45, 2.75) is 13.3 Å². The molecule has 200 valence electrons. The fourth-order valence-electron chi connectivity index (χ4n) is 6.05. The van der Waals surface area contributed by atoms with Gasteiger partial charge in [0.25, 0.3) is 0 Å². The molecular weight excluding hydrogens is 506 g/mol. The Morgan fingerprint density at radius 3 is 1.71 bits per heavy atom. The number of hydrogen-bond acceptors (Lipinski definition) is 1. The van der Waals surface area contributed by atoms with E-state index in [1.807, 2.05) is 0 Å². The lowest BCUT2D eigenvalue weighted by Crippen LogP contribution is -2.00. The summed E-state index contributed by atoms with van der Waals surface area (Å²) in [4.78, 5) is 5.48. The molecule has 1 aliphatic heterocycles. The van der Waals surface area contributed by atoms with Crippen molar-refractivity contribution in [3.05, 3.63) is 180 Å². The number of fused-ring (bicyclic) bond motifs is 1. The molecule has 0 saturated carbocycles. The second-order valence-electron chi connectivity index (χ2n) is 10.7. The first kappa shape index (κ1) is 25.7. The molecule has 1 heteroatoms. The lowest BCUT2D eigenvalue weighted by atomic mass is 9.89. The van der Waals surface area contributed by atoms with E-state index in [1.165, 1.54) is 49.7 Å². The maximum Gasteiger partial charge on any atom is 0.0747 e. The molecule has 0 aromatic heterocycles. The van der Waals surface area contributed by atoms with Crippen molar-refractivity contribution < 1.29 is 0 Å². The number of nitrogens with zero attached hydrogens (tertiary/aromatic N) is 1. The third kappa shape index (κ3) is 4.91. The predicted octanol–water partition coefficient (Wildman–Crippen LogP) is 10.9. The van der Waals surface area contributed by atoms with Crippen LogP contribution in [0.1, 0.15) is 30.0 Å². The van der Waals surface area contributed by atoms with Crippen LogP contribution in [0.2, 0.25) is 0 Å². The molecule has 6 aromatic rings. The molecular formula is C41H31N. The van der Waals surface area contributed by atoms with Gasteiger partial charge in [-0.25, -0.2) is 0 Å². The molecule has 0 bridgehead atoms. The van der Waals surface area contributed by atoms with Crippen LogP contribution in [0.5, 0.6) is 0 Å². The number of aliphatic imine (C=N–C) groups is 1. The van der Waals surface area contributed by atoms with Gasteiger partial charge in [0.1, 0.15) is 0 Å². The second kappa shape index (κ2) is 11.3. The molecule has 0 atom stereocenters. The van der Waals surface area contributed by atoms with Gasteiger partial charge < -0.3 is 0 Å². The Balaban J connectivity index is 1.47. The van der Waals surface area contributed by atoms with E-state index < -0.39 is 0 Å². The summed E-state index contributed by atoms with van der Waals surface area (Å²) in [5, 5.41) is 2.45. The van der Waals surface area contributed by atoms with Gasteiger partial charge in [0, 0.05) is 12.0 Å². The summed E-state index contributed by atoms with van der Waals surface area (Å²) in [6.07, 6.45) is 3.12. The highest BCUT2D eigenvalue weighted by Crippen LogP contribution is 2.40. The van der Waals surface area contributed by atoms with E-state index in [1.54, 1.807) is 0 Å². The summed E-state index contributed by atoms with van der Waals surface area (Å²) in [5.41, 5.74) is 12.9. The Kier molecular flexibility index (Phi) is 6.92. The molecule has 6 aromatic carbocycles. The molecule has 0 fully saturated rings. The molecule has 1 nitrogen and oxygen atoms in total. The van der Waals surface area contributed by atoms with Gasteiger partial charge in [-0.2, -0.15) is 0 Å². The minimum absolute atomic E-state index is 0.756. The highest BCUT2D eigenvalue weighted by molar-refractivity contribution is 6.11. The molecule has 0 radical (unpaired) electrons. The molecule has 0 unspecified atom stereocenters. The Labute approximate surface area is 247 Å². The summed E-state index contributed by atoms with van der Waals surface area (Å²) in [6, 6.07) is 54.0. The van der Waals surface area contributed by atoms with Crippen molar-refractivity contribution in [1.82, 2.24) is 0 Å². The van der Waals surface area contributed by atoms with Crippen LogP contribution < -0.4 is 0 Å². The molecule has 0 aliphatic carbocycles. The average Bonchev–Trinajstić information content (AvgIpc) is 3.24. The van der Waals surface area contributed by atoms with E-state index >= 15 is 0 Å². The van der Waals surface area contributed by atoms with Crippen molar-refractivity contribution in [2.75, 3.05) is 0 Å². The maximum atomic E-state index is 5.48. The van der Waals surface area contributed by atoms with Crippen molar-refractivity contribution in [1.29, 1.82) is 0 Å². The van der Waals surface area contributed by atoms with Gasteiger partial charge in [-0.15, -0.1) is 0 Å². The molecule has 0 amide bonds. The van der Waals surface area contributed by atoms with Gasteiger partial charge in [0.15, 0.2) is 0 Å². The van der Waals surface area contributed by atoms with E-state index in [0.717, 1.165) is 29.0 Å². The largest absolute Gasteiger partial charge is 0.252 e. The van der Waals surface area contributed by atoms with Crippen LogP contribution in [0.15, 0.2) is 168 Å². The highest BCUT2D eigenvalue weighted by Gasteiger charge is 2.20. The summed E-state index contributed by atoms with van der Waals surface area (Å²) in [7, 11) is 0. The lowest BCUT2D eigenvalue weighted by molar-refractivity contribution is 1.41. The summed E-state index contributed by atoms with van der Waals surface area (Å²) >= 11 is 0. The highest BCUT2D eigenvalue weighted by atomic mass is 14.8. The van der Waals surface area contributed by atoms with Crippen molar-refractivity contribution in [3.8, 4) is 22.3 Å². The first-order valence-electron chi connectivity index (χ1n) is 14.5. The van der Waals surface area contributed by atoms with Gasteiger partial charge in [-0.1, -0.05) is 152 Å². The zero-order valence-corrected chi connectivity index (χ0v) is 23.7. The van der Waals surface area contributed by atoms with Gasteiger partial charge >= 0.3 is 0 Å². The average molecular weight is 538 g/mol. The zero-order chi connectivity index (χ0) is 28.3. The fourth-order valence-corrected chi connectivity index (χ4v) is 6.05. The summed E-state index contributed by atoms with van der Waals surface area (Å²) in [6.45, 7) is 2.23. The SMILES string of the molecule is CC1=C(c2cccc3cccc(-c4ccccc4)c23)N=C(c2ccccc2)CC=C1c1cccc(-c2ccccc2)c1. The van der Waals surface area contributed by atoms with Gasteiger partial charge in [-0.05, 0) is 68.3 Å². The molecule has 42 heavy (non-hydrogen) atoms. The van der Waals surface area contributed by atoms with Crippen LogP contribution >= 0.6 is 0 Å². The second-order valence-corrected chi connectivity index (χ2v) is 10.7. The van der Waals surface area contributed by atoms with Crippen LogP contribution in [-0.2, 0) is 0 Å². The van der Waals surface area contributed by atoms with Crippen molar-refractivity contribution in [3.63, 3.8) is 0 Å². The smallest absolute Gasteiger partial charge is 0.0747 e. The lowest BCUT2D eigenvalue weighted by Gasteiger charge is -2.17. The first-order chi connectivity index (χ1) is 20.8. The van der Waals surface area contributed by atoms with E-state index in [-0.39, 0.29) is 0 Å². The topological polar surface area (TPSA) is 12.4 Å². The van der Waals surface area contributed by atoms with E-state index in [0.29, 0.717) is 0 Å². The predicted molar refractivity (Wildman–Crippen MR) is 179 cm³/mol. The van der Waals surface area contributed by atoms with Crippen LogP contribution in [0.4, 0.5) is 0 Å². The molecule has 0 N–H and O–H groups in total. The molecule has 1 heterocycles. The monoisotopic (exact) mass is 537 g/mol. The van der Waals surface area contributed by atoms with Gasteiger partial charge in [0.2, 0.25) is 0 Å². The van der Waals surface area contributed by atoms with E-state index in [2.05, 4.69) is 165 Å². The molecule has 7 rings (SSSR count). The first-order valence-corrected chi connectivity index (χ1v) is 14.5. The fraction of sp³-hybridized carbons (Fsp3) is 0.0488. The summed E-state index contributed by atoms with van der Waals surface area (Å²) < 4.78 is 0. The number of hydrogen-bond donors (Lipinski definition) is 0. The number of rotatable bonds is 5. The van der Waals surface area contributed by atoms with Crippen LogP contribution in [0.25, 0.3) is 44.3 Å². The van der Waals surface area contributed by atoms with Crippen LogP contribution in [0, 0.1) is 0 Å².